The molecule has 0 spiro atoms. The number of aromatic nitrogens is 2. The molecule has 5 heteroatoms. The maximum absolute atomic E-state index is 11.3. The van der Waals surface area contributed by atoms with Crippen molar-refractivity contribution >= 4 is 5.97 Å². The van der Waals surface area contributed by atoms with Gasteiger partial charge in [0.1, 0.15) is 12.2 Å². The van der Waals surface area contributed by atoms with Gasteiger partial charge >= 0.3 is 5.97 Å². The summed E-state index contributed by atoms with van der Waals surface area (Å²) in [6.45, 7) is 6.63. The van der Waals surface area contributed by atoms with Crippen molar-refractivity contribution < 1.29 is 14.3 Å². The number of imidazole rings is 1. The molecule has 0 bridgehead atoms. The van der Waals surface area contributed by atoms with E-state index in [-0.39, 0.29) is 12.6 Å². The highest BCUT2D eigenvalue weighted by atomic mass is 16.6. The highest BCUT2D eigenvalue weighted by Gasteiger charge is 2.15. The lowest BCUT2D eigenvalue weighted by atomic mass is 10.2. The first-order valence-electron chi connectivity index (χ1n) is 5.23. The summed E-state index contributed by atoms with van der Waals surface area (Å²) in [4.78, 5) is 15.2. The van der Waals surface area contributed by atoms with Crippen LogP contribution in [0.1, 0.15) is 20.8 Å². The Bertz CT molecular complexity index is 314. The maximum atomic E-state index is 11.3. The molecule has 90 valence electrons. The molecule has 0 saturated carbocycles. The van der Waals surface area contributed by atoms with Crippen LogP contribution in [0, 0.1) is 0 Å². The van der Waals surface area contributed by atoms with Crippen molar-refractivity contribution in [2.75, 3.05) is 13.2 Å². The molecule has 0 unspecified atom stereocenters. The molecular weight excluding hydrogens is 208 g/mol. The number of nitrogens with zero attached hydrogens (tertiary/aromatic N) is 2. The summed E-state index contributed by atoms with van der Waals surface area (Å²) in [6.07, 6.45) is 5.25. The van der Waals surface area contributed by atoms with E-state index in [1.807, 2.05) is 31.5 Å². The van der Waals surface area contributed by atoms with Crippen molar-refractivity contribution in [1.29, 1.82) is 0 Å². The first kappa shape index (κ1) is 12.7. The molecule has 0 aliphatic heterocycles. The van der Waals surface area contributed by atoms with Crippen LogP contribution in [0.4, 0.5) is 0 Å². The van der Waals surface area contributed by atoms with E-state index in [0.717, 1.165) is 0 Å². The van der Waals surface area contributed by atoms with Crippen molar-refractivity contribution in [3.63, 3.8) is 0 Å². The number of hydrogen-bond donors (Lipinski definition) is 0. The molecule has 1 rings (SSSR count). The highest BCUT2D eigenvalue weighted by molar-refractivity contribution is 5.71. The molecule has 0 aliphatic rings. The Kier molecular flexibility index (Phi) is 4.49. The molecule has 0 aromatic carbocycles. The topological polar surface area (TPSA) is 53.4 Å². The molecule has 0 atom stereocenters. The number of carbonyl (C=O) groups is 1. The van der Waals surface area contributed by atoms with Crippen LogP contribution < -0.4 is 0 Å². The van der Waals surface area contributed by atoms with Gasteiger partial charge in [-0.15, -0.1) is 0 Å². The van der Waals surface area contributed by atoms with E-state index in [2.05, 4.69) is 4.98 Å². The van der Waals surface area contributed by atoms with Crippen LogP contribution in [0.5, 0.6) is 0 Å². The van der Waals surface area contributed by atoms with Crippen molar-refractivity contribution in [2.24, 2.45) is 0 Å². The van der Waals surface area contributed by atoms with E-state index in [1.165, 1.54) is 0 Å². The fraction of sp³-hybridized carbons (Fsp3) is 0.636. The Morgan fingerprint density at radius 3 is 2.75 bits per heavy atom. The number of ether oxygens (including phenoxy) is 2. The molecule has 1 aromatic heterocycles. The first-order chi connectivity index (χ1) is 7.47. The summed E-state index contributed by atoms with van der Waals surface area (Å²) >= 11 is 0. The number of rotatable bonds is 5. The second-order valence-corrected chi connectivity index (χ2v) is 4.44. The molecule has 1 heterocycles. The Morgan fingerprint density at radius 1 is 1.44 bits per heavy atom. The molecule has 0 fully saturated rings. The minimum atomic E-state index is -0.454. The van der Waals surface area contributed by atoms with E-state index in [9.17, 15) is 4.79 Å². The quantitative estimate of drug-likeness (QED) is 0.560. The minimum absolute atomic E-state index is 0.00797. The summed E-state index contributed by atoms with van der Waals surface area (Å²) in [6, 6.07) is 0. The second kappa shape index (κ2) is 5.65. The molecule has 1 aromatic rings. The lowest BCUT2D eigenvalue weighted by Crippen LogP contribution is -2.26. The zero-order valence-corrected chi connectivity index (χ0v) is 9.97. The Hall–Kier alpha value is -1.36. The predicted octanol–water partition coefficient (Wildman–Crippen LogP) is 1.24. The zero-order valence-electron chi connectivity index (χ0n) is 9.97. The van der Waals surface area contributed by atoms with Gasteiger partial charge in [-0.2, -0.15) is 0 Å². The fourth-order valence-corrected chi connectivity index (χ4v) is 1.12. The van der Waals surface area contributed by atoms with Crippen molar-refractivity contribution in [3.05, 3.63) is 18.7 Å². The van der Waals surface area contributed by atoms with Crippen molar-refractivity contribution in [3.8, 4) is 0 Å². The number of carbonyl (C=O) groups excluding carboxylic acids is 1. The molecule has 0 saturated heterocycles. The molecule has 5 nitrogen and oxygen atoms in total. The minimum Gasteiger partial charge on any atom is -0.458 e. The third-order valence-corrected chi connectivity index (χ3v) is 1.69. The lowest BCUT2D eigenvalue weighted by molar-refractivity contribution is -0.160. The fourth-order valence-electron chi connectivity index (χ4n) is 1.12. The Labute approximate surface area is 95.4 Å². The van der Waals surface area contributed by atoms with E-state index < -0.39 is 5.60 Å². The second-order valence-electron chi connectivity index (χ2n) is 4.44. The van der Waals surface area contributed by atoms with Crippen molar-refractivity contribution in [1.82, 2.24) is 9.55 Å². The third kappa shape index (κ3) is 5.50. The van der Waals surface area contributed by atoms with E-state index in [1.54, 1.807) is 12.5 Å². The molecule has 0 radical (unpaired) electrons. The van der Waals surface area contributed by atoms with Gasteiger partial charge in [0.2, 0.25) is 0 Å². The van der Waals surface area contributed by atoms with Crippen LogP contribution in [-0.2, 0) is 20.8 Å². The normalized spacial score (nSPS) is 11.4. The van der Waals surface area contributed by atoms with Gasteiger partial charge in [-0.3, -0.25) is 0 Å². The summed E-state index contributed by atoms with van der Waals surface area (Å²) in [5, 5.41) is 0. The zero-order chi connectivity index (χ0) is 12.0. The molecule has 0 amide bonds. The van der Waals surface area contributed by atoms with Crippen LogP contribution in [0.15, 0.2) is 18.7 Å². The van der Waals surface area contributed by atoms with Crippen LogP contribution in [-0.4, -0.2) is 34.3 Å². The number of hydrogen-bond acceptors (Lipinski definition) is 4. The van der Waals surface area contributed by atoms with Crippen LogP contribution >= 0.6 is 0 Å². The Balaban J connectivity index is 2.09. The average Bonchev–Trinajstić information content (AvgIpc) is 2.62. The summed E-state index contributed by atoms with van der Waals surface area (Å²) in [5.74, 6) is -0.335. The highest BCUT2D eigenvalue weighted by Crippen LogP contribution is 2.06. The van der Waals surface area contributed by atoms with Gasteiger partial charge < -0.3 is 14.0 Å². The molecule has 16 heavy (non-hydrogen) atoms. The third-order valence-electron chi connectivity index (χ3n) is 1.69. The molecule has 0 N–H and O–H groups in total. The van der Waals surface area contributed by atoms with Gasteiger partial charge in [-0.25, -0.2) is 9.78 Å². The smallest absolute Gasteiger partial charge is 0.332 e. The van der Waals surface area contributed by atoms with Gasteiger partial charge in [-0.05, 0) is 20.8 Å². The summed E-state index contributed by atoms with van der Waals surface area (Å²) in [7, 11) is 0. The number of esters is 1. The molecule has 0 aliphatic carbocycles. The van der Waals surface area contributed by atoms with E-state index >= 15 is 0 Å². The van der Waals surface area contributed by atoms with Crippen LogP contribution in [0.2, 0.25) is 0 Å². The van der Waals surface area contributed by atoms with Crippen LogP contribution in [0.25, 0.3) is 0 Å². The van der Waals surface area contributed by atoms with Crippen molar-refractivity contribution in [2.45, 2.75) is 32.9 Å². The lowest BCUT2D eigenvalue weighted by Gasteiger charge is -2.19. The predicted molar refractivity (Wildman–Crippen MR) is 58.9 cm³/mol. The van der Waals surface area contributed by atoms with E-state index in [0.29, 0.717) is 13.2 Å². The summed E-state index contributed by atoms with van der Waals surface area (Å²) in [5.41, 5.74) is -0.454. The Morgan fingerprint density at radius 2 is 2.19 bits per heavy atom. The first-order valence-corrected chi connectivity index (χ1v) is 5.23. The summed E-state index contributed by atoms with van der Waals surface area (Å²) < 4.78 is 12.2. The average molecular weight is 226 g/mol. The largest absolute Gasteiger partial charge is 0.458 e. The van der Waals surface area contributed by atoms with Gasteiger partial charge in [0.05, 0.1) is 12.9 Å². The van der Waals surface area contributed by atoms with E-state index in [4.69, 9.17) is 9.47 Å². The monoisotopic (exact) mass is 226 g/mol. The van der Waals surface area contributed by atoms with Gasteiger partial charge in [-0.1, -0.05) is 0 Å². The maximum Gasteiger partial charge on any atom is 0.332 e. The van der Waals surface area contributed by atoms with Gasteiger partial charge in [0, 0.05) is 18.9 Å². The van der Waals surface area contributed by atoms with Gasteiger partial charge in [0.15, 0.2) is 0 Å². The van der Waals surface area contributed by atoms with Gasteiger partial charge in [0.25, 0.3) is 0 Å². The standard InChI is InChI=1S/C11H18N2O3/c1-11(2,3)16-10(14)8-15-7-6-13-5-4-12-9-13/h4-5,9H,6-8H2,1-3H3. The molecular formula is C11H18N2O3. The van der Waals surface area contributed by atoms with Crippen LogP contribution in [0.3, 0.4) is 0 Å². The SMILES string of the molecule is CC(C)(C)OC(=O)COCCn1ccnc1.